The zero-order chi connectivity index (χ0) is 21.9. The number of carbonyl (C=O) groups is 2. The van der Waals surface area contributed by atoms with Gasteiger partial charge in [-0.05, 0) is 48.7 Å². The third-order valence-electron chi connectivity index (χ3n) is 4.98. The number of halogens is 1. The molecule has 0 atom stereocenters. The lowest BCUT2D eigenvalue weighted by atomic mass is 10.2. The van der Waals surface area contributed by atoms with E-state index in [1.165, 1.54) is 0 Å². The summed E-state index contributed by atoms with van der Waals surface area (Å²) in [6, 6.07) is 12.3. The Balaban J connectivity index is 1.70. The minimum atomic E-state index is -3.69. The highest BCUT2D eigenvalue weighted by Gasteiger charge is 2.24. The molecule has 30 heavy (non-hydrogen) atoms. The van der Waals surface area contributed by atoms with Gasteiger partial charge in [-0.3, -0.25) is 13.9 Å². The summed E-state index contributed by atoms with van der Waals surface area (Å²) in [5.41, 5.74) is 2.58. The van der Waals surface area contributed by atoms with Crippen LogP contribution in [0.5, 0.6) is 0 Å². The topological polar surface area (TPSA) is 86.8 Å². The molecule has 0 bridgehead atoms. The minimum Gasteiger partial charge on any atom is -0.350 e. The van der Waals surface area contributed by atoms with Crippen molar-refractivity contribution in [2.24, 2.45) is 0 Å². The summed E-state index contributed by atoms with van der Waals surface area (Å²) in [4.78, 5) is 26.2. The lowest BCUT2D eigenvalue weighted by Gasteiger charge is -2.24. The van der Waals surface area contributed by atoms with Crippen molar-refractivity contribution >= 4 is 44.8 Å². The van der Waals surface area contributed by atoms with Gasteiger partial charge in [0.1, 0.15) is 6.54 Å². The molecule has 9 heteroatoms. The van der Waals surface area contributed by atoms with E-state index in [-0.39, 0.29) is 19.0 Å². The maximum atomic E-state index is 12.5. The summed E-state index contributed by atoms with van der Waals surface area (Å²) in [6.45, 7) is 2.26. The van der Waals surface area contributed by atoms with Crippen LogP contribution in [0.3, 0.4) is 0 Å². The normalized spacial score (nSPS) is 14.1. The van der Waals surface area contributed by atoms with E-state index in [0.717, 1.165) is 28.2 Å². The molecule has 2 amide bonds. The quantitative estimate of drug-likeness (QED) is 0.704. The average molecular weight is 450 g/mol. The lowest BCUT2D eigenvalue weighted by Crippen LogP contribution is -2.40. The third kappa shape index (κ3) is 5.12. The zero-order valence-corrected chi connectivity index (χ0v) is 18.5. The predicted molar refractivity (Wildman–Crippen MR) is 118 cm³/mol. The van der Waals surface area contributed by atoms with Crippen LogP contribution in [-0.4, -0.2) is 39.6 Å². The van der Waals surface area contributed by atoms with Crippen molar-refractivity contribution in [3.63, 3.8) is 0 Å². The first kappa shape index (κ1) is 22.1. The van der Waals surface area contributed by atoms with Crippen LogP contribution in [0.2, 0.25) is 5.02 Å². The molecule has 0 radical (unpaired) electrons. The number of amides is 2. The van der Waals surface area contributed by atoms with Gasteiger partial charge in [-0.2, -0.15) is 0 Å². The largest absolute Gasteiger partial charge is 0.350 e. The number of hydrogen-bond donors (Lipinski definition) is 1. The van der Waals surface area contributed by atoms with Crippen molar-refractivity contribution in [2.45, 2.75) is 26.3 Å². The van der Waals surface area contributed by atoms with Crippen molar-refractivity contribution in [1.82, 2.24) is 5.32 Å². The van der Waals surface area contributed by atoms with Gasteiger partial charge in [-0.15, -0.1) is 0 Å². The van der Waals surface area contributed by atoms with Crippen molar-refractivity contribution in [3.05, 3.63) is 58.6 Å². The maximum Gasteiger partial charge on any atom is 0.241 e. The van der Waals surface area contributed by atoms with Crippen LogP contribution in [0.25, 0.3) is 0 Å². The number of nitrogens with zero attached hydrogens (tertiary/aromatic N) is 2. The van der Waals surface area contributed by atoms with Crippen LogP contribution in [0.4, 0.5) is 11.4 Å². The van der Waals surface area contributed by atoms with Gasteiger partial charge in [-0.25, -0.2) is 8.42 Å². The van der Waals surface area contributed by atoms with E-state index >= 15 is 0 Å². The van der Waals surface area contributed by atoms with Crippen molar-refractivity contribution in [3.8, 4) is 0 Å². The summed E-state index contributed by atoms with van der Waals surface area (Å²) < 4.78 is 25.6. The molecule has 2 aromatic rings. The second-order valence-electron chi connectivity index (χ2n) is 7.25. The van der Waals surface area contributed by atoms with Crippen molar-refractivity contribution < 1.29 is 18.0 Å². The number of carbonyl (C=O) groups excluding carboxylic acids is 2. The molecule has 0 spiro atoms. The van der Waals surface area contributed by atoms with Gasteiger partial charge >= 0.3 is 0 Å². The summed E-state index contributed by atoms with van der Waals surface area (Å²) in [6.07, 6.45) is 2.44. The lowest BCUT2D eigenvalue weighted by molar-refractivity contribution is -0.120. The molecule has 0 saturated carbocycles. The first-order valence-electron chi connectivity index (χ1n) is 9.55. The SMILES string of the molecule is Cc1c(Cl)cccc1N(CC(=O)NCc1cccc(N2CCCC2=O)c1)S(C)(=O)=O. The summed E-state index contributed by atoms with van der Waals surface area (Å²) in [7, 11) is -3.69. The van der Waals surface area contributed by atoms with E-state index in [1.807, 2.05) is 24.3 Å². The second kappa shape index (κ2) is 9.06. The van der Waals surface area contributed by atoms with Crippen LogP contribution < -0.4 is 14.5 Å². The first-order valence-corrected chi connectivity index (χ1v) is 11.8. The Morgan fingerprint density at radius 3 is 2.63 bits per heavy atom. The number of rotatable bonds is 7. The van der Waals surface area contributed by atoms with Gasteiger partial charge in [0.25, 0.3) is 0 Å². The molecule has 1 aliphatic heterocycles. The number of nitrogens with one attached hydrogen (secondary N) is 1. The number of sulfonamides is 1. The Morgan fingerprint density at radius 2 is 1.97 bits per heavy atom. The number of hydrogen-bond acceptors (Lipinski definition) is 4. The summed E-state index contributed by atoms with van der Waals surface area (Å²) in [5.74, 6) is -0.348. The summed E-state index contributed by atoms with van der Waals surface area (Å²) in [5, 5.41) is 3.18. The van der Waals surface area contributed by atoms with Crippen LogP contribution in [0.15, 0.2) is 42.5 Å². The predicted octanol–water partition coefficient (Wildman–Crippen LogP) is 2.86. The van der Waals surface area contributed by atoms with E-state index in [2.05, 4.69) is 5.32 Å². The highest BCUT2D eigenvalue weighted by atomic mass is 35.5. The van der Waals surface area contributed by atoms with Gasteiger partial charge in [-0.1, -0.05) is 29.8 Å². The highest BCUT2D eigenvalue weighted by molar-refractivity contribution is 7.92. The number of benzene rings is 2. The monoisotopic (exact) mass is 449 g/mol. The molecular weight excluding hydrogens is 426 g/mol. The summed E-state index contributed by atoms with van der Waals surface area (Å²) >= 11 is 6.11. The Morgan fingerprint density at radius 1 is 1.23 bits per heavy atom. The average Bonchev–Trinajstić information content (AvgIpc) is 3.12. The van der Waals surface area contributed by atoms with Crippen molar-refractivity contribution in [2.75, 3.05) is 28.6 Å². The molecule has 1 aliphatic rings. The molecule has 2 aromatic carbocycles. The fraction of sp³-hybridized carbons (Fsp3) is 0.333. The van der Waals surface area contributed by atoms with Gasteiger partial charge in [0.05, 0.1) is 11.9 Å². The molecule has 1 fully saturated rings. The third-order valence-corrected chi connectivity index (χ3v) is 6.52. The smallest absolute Gasteiger partial charge is 0.241 e. The molecule has 0 aliphatic carbocycles. The van der Waals surface area contributed by atoms with Gasteiger partial charge in [0.2, 0.25) is 21.8 Å². The molecule has 7 nitrogen and oxygen atoms in total. The van der Waals surface area contributed by atoms with E-state index in [1.54, 1.807) is 30.0 Å². The molecular formula is C21H24ClN3O4S. The molecule has 3 rings (SSSR count). The van der Waals surface area contributed by atoms with Crippen LogP contribution in [0.1, 0.15) is 24.0 Å². The number of anilines is 2. The Kier molecular flexibility index (Phi) is 6.67. The second-order valence-corrected chi connectivity index (χ2v) is 9.56. The highest BCUT2D eigenvalue weighted by Crippen LogP contribution is 2.28. The fourth-order valence-corrected chi connectivity index (χ4v) is 4.47. The van der Waals surface area contributed by atoms with E-state index < -0.39 is 15.9 Å². The van der Waals surface area contributed by atoms with Gasteiger partial charge in [0, 0.05) is 30.2 Å². The van der Waals surface area contributed by atoms with E-state index in [4.69, 9.17) is 11.6 Å². The Hall–Kier alpha value is -2.58. The molecule has 1 N–H and O–H groups in total. The fourth-order valence-electron chi connectivity index (χ4n) is 3.39. The minimum absolute atomic E-state index is 0.0943. The first-order chi connectivity index (χ1) is 14.2. The molecule has 1 heterocycles. The Labute approximate surface area is 181 Å². The van der Waals surface area contributed by atoms with E-state index in [0.29, 0.717) is 29.2 Å². The van der Waals surface area contributed by atoms with E-state index in [9.17, 15) is 18.0 Å². The zero-order valence-electron chi connectivity index (χ0n) is 16.9. The maximum absolute atomic E-state index is 12.5. The molecule has 0 unspecified atom stereocenters. The van der Waals surface area contributed by atoms with Gasteiger partial charge < -0.3 is 10.2 Å². The van der Waals surface area contributed by atoms with Crippen LogP contribution >= 0.6 is 11.6 Å². The standard InChI is InChI=1S/C21H24ClN3O4S/c1-15-18(22)8-4-9-19(15)25(30(2,28)29)14-20(26)23-13-16-6-3-7-17(12-16)24-11-5-10-21(24)27/h3-4,6-9,12H,5,10-11,13-14H2,1-2H3,(H,23,26). The van der Waals surface area contributed by atoms with Gasteiger partial charge in [0.15, 0.2) is 0 Å². The van der Waals surface area contributed by atoms with Crippen molar-refractivity contribution in [1.29, 1.82) is 0 Å². The molecule has 1 saturated heterocycles. The van der Waals surface area contributed by atoms with Crippen LogP contribution in [-0.2, 0) is 26.2 Å². The van der Waals surface area contributed by atoms with Crippen LogP contribution in [0, 0.1) is 6.92 Å². The Bertz CT molecular complexity index is 1070. The molecule has 160 valence electrons. The molecule has 0 aromatic heterocycles.